The van der Waals surface area contributed by atoms with Gasteiger partial charge in [0, 0.05) is 6.04 Å². The average molecular weight is 375 g/mol. The number of furan rings is 1. The van der Waals surface area contributed by atoms with E-state index >= 15 is 0 Å². The molecule has 0 saturated heterocycles. The minimum Gasteiger partial charge on any atom is -0.450 e. The second kappa shape index (κ2) is 6.02. The van der Waals surface area contributed by atoms with Gasteiger partial charge in [0.1, 0.15) is 11.9 Å². The Morgan fingerprint density at radius 2 is 1.89 bits per heavy atom. The van der Waals surface area contributed by atoms with Crippen molar-refractivity contribution in [3.63, 3.8) is 0 Å². The molecule has 2 rings (SSSR count). The SMILES string of the molecule is NC(Cc1ccccc1)C(O)c1cc(Br)c(Br)o1. The van der Waals surface area contributed by atoms with Gasteiger partial charge in [-0.3, -0.25) is 0 Å². The Bertz CT molecular complexity index is 493. The molecule has 0 bridgehead atoms. The Kier molecular flexibility index (Phi) is 4.61. The molecule has 96 valence electrons. The number of benzene rings is 1. The van der Waals surface area contributed by atoms with Crippen molar-refractivity contribution in [1.29, 1.82) is 0 Å². The Balaban J connectivity index is 2.07. The number of halogens is 2. The Morgan fingerprint density at radius 1 is 1.22 bits per heavy atom. The van der Waals surface area contributed by atoms with Gasteiger partial charge in [-0.05, 0) is 49.9 Å². The highest BCUT2D eigenvalue weighted by Gasteiger charge is 2.22. The monoisotopic (exact) mass is 373 g/mol. The van der Waals surface area contributed by atoms with E-state index in [-0.39, 0.29) is 0 Å². The van der Waals surface area contributed by atoms with Gasteiger partial charge >= 0.3 is 0 Å². The molecule has 0 radical (unpaired) electrons. The van der Waals surface area contributed by atoms with Crippen LogP contribution in [-0.4, -0.2) is 11.1 Å². The van der Waals surface area contributed by atoms with Gasteiger partial charge in [-0.15, -0.1) is 0 Å². The van der Waals surface area contributed by atoms with Crippen LogP contribution in [0.2, 0.25) is 0 Å². The van der Waals surface area contributed by atoms with E-state index in [1.165, 1.54) is 0 Å². The third kappa shape index (κ3) is 3.23. The predicted octanol–water partition coefficient (Wildman–Crippen LogP) is 3.41. The van der Waals surface area contributed by atoms with Crippen molar-refractivity contribution in [2.24, 2.45) is 5.73 Å². The van der Waals surface area contributed by atoms with E-state index in [9.17, 15) is 5.11 Å². The number of hydrogen-bond acceptors (Lipinski definition) is 3. The number of nitrogens with two attached hydrogens (primary N) is 1. The molecule has 3 N–H and O–H groups in total. The molecule has 0 aliphatic rings. The quantitative estimate of drug-likeness (QED) is 0.862. The summed E-state index contributed by atoms with van der Waals surface area (Å²) in [7, 11) is 0. The van der Waals surface area contributed by atoms with E-state index in [1.807, 2.05) is 30.3 Å². The molecule has 0 fully saturated rings. The zero-order valence-corrected chi connectivity index (χ0v) is 12.7. The van der Waals surface area contributed by atoms with Crippen molar-refractivity contribution in [3.05, 3.63) is 56.9 Å². The van der Waals surface area contributed by atoms with Crippen LogP contribution in [0.5, 0.6) is 0 Å². The van der Waals surface area contributed by atoms with Crippen LogP contribution in [0.3, 0.4) is 0 Å². The first kappa shape index (κ1) is 13.8. The molecule has 0 aliphatic carbocycles. The molecule has 2 unspecified atom stereocenters. The maximum atomic E-state index is 10.1. The van der Waals surface area contributed by atoms with Crippen molar-refractivity contribution < 1.29 is 9.52 Å². The Morgan fingerprint density at radius 3 is 2.44 bits per heavy atom. The van der Waals surface area contributed by atoms with E-state index in [1.54, 1.807) is 6.07 Å². The highest BCUT2D eigenvalue weighted by molar-refractivity contribution is 9.13. The van der Waals surface area contributed by atoms with E-state index in [4.69, 9.17) is 10.2 Å². The van der Waals surface area contributed by atoms with Crippen molar-refractivity contribution in [1.82, 2.24) is 0 Å². The molecule has 3 nitrogen and oxygen atoms in total. The van der Waals surface area contributed by atoms with Gasteiger partial charge in [-0.25, -0.2) is 0 Å². The summed E-state index contributed by atoms with van der Waals surface area (Å²) in [6.45, 7) is 0. The van der Waals surface area contributed by atoms with Crippen LogP contribution in [0.1, 0.15) is 17.4 Å². The number of hydrogen-bond donors (Lipinski definition) is 2. The maximum Gasteiger partial charge on any atom is 0.183 e. The first-order chi connectivity index (χ1) is 8.58. The summed E-state index contributed by atoms with van der Waals surface area (Å²) in [6, 6.07) is 11.1. The molecule has 0 amide bonds. The van der Waals surface area contributed by atoms with E-state index in [2.05, 4.69) is 31.9 Å². The van der Waals surface area contributed by atoms with Crippen molar-refractivity contribution in [2.45, 2.75) is 18.6 Å². The molecule has 2 atom stereocenters. The molecule has 5 heteroatoms. The smallest absolute Gasteiger partial charge is 0.183 e. The minimum absolute atomic E-state index is 0.405. The van der Waals surface area contributed by atoms with Gasteiger partial charge in [0.05, 0.1) is 4.47 Å². The molecule has 0 spiro atoms. The van der Waals surface area contributed by atoms with Crippen molar-refractivity contribution >= 4 is 31.9 Å². The summed E-state index contributed by atoms with van der Waals surface area (Å²) >= 11 is 6.54. The first-order valence-corrected chi connectivity index (χ1v) is 7.09. The molecule has 1 aromatic carbocycles. The highest BCUT2D eigenvalue weighted by Crippen LogP contribution is 2.31. The molecule has 2 aromatic rings. The van der Waals surface area contributed by atoms with Crippen LogP contribution in [0.25, 0.3) is 0 Å². The van der Waals surface area contributed by atoms with Crippen LogP contribution in [0, 0.1) is 0 Å². The lowest BCUT2D eigenvalue weighted by atomic mass is 10.0. The van der Waals surface area contributed by atoms with Crippen LogP contribution < -0.4 is 5.73 Å². The van der Waals surface area contributed by atoms with Gasteiger partial charge in [0.2, 0.25) is 0 Å². The molecular formula is C13H13Br2NO2. The summed E-state index contributed by atoms with van der Waals surface area (Å²) in [5.74, 6) is 0.456. The summed E-state index contributed by atoms with van der Waals surface area (Å²) in [4.78, 5) is 0. The average Bonchev–Trinajstić information content (AvgIpc) is 2.70. The fourth-order valence-corrected chi connectivity index (χ4v) is 2.33. The molecule has 0 saturated carbocycles. The Hall–Kier alpha value is -0.620. The van der Waals surface area contributed by atoms with Gasteiger partial charge in [0.25, 0.3) is 0 Å². The van der Waals surface area contributed by atoms with Crippen molar-refractivity contribution in [2.75, 3.05) is 0 Å². The minimum atomic E-state index is -0.826. The summed E-state index contributed by atoms with van der Waals surface area (Å²) in [5.41, 5.74) is 7.09. The lowest BCUT2D eigenvalue weighted by molar-refractivity contribution is 0.120. The lowest BCUT2D eigenvalue weighted by Gasteiger charge is -2.16. The molecule has 1 heterocycles. The Labute approximate surface area is 122 Å². The van der Waals surface area contributed by atoms with Crippen molar-refractivity contribution in [3.8, 4) is 0 Å². The van der Waals surface area contributed by atoms with Gasteiger partial charge in [0.15, 0.2) is 4.67 Å². The normalized spacial score (nSPS) is 14.4. The van der Waals surface area contributed by atoms with E-state index < -0.39 is 12.1 Å². The fraction of sp³-hybridized carbons (Fsp3) is 0.231. The first-order valence-electron chi connectivity index (χ1n) is 5.50. The third-order valence-corrected chi connectivity index (χ3v) is 4.39. The molecule has 1 aromatic heterocycles. The van der Waals surface area contributed by atoms with E-state index in [0.717, 1.165) is 10.0 Å². The van der Waals surface area contributed by atoms with Gasteiger partial charge in [-0.1, -0.05) is 30.3 Å². The fourth-order valence-electron chi connectivity index (χ4n) is 1.72. The molecular weight excluding hydrogens is 362 g/mol. The highest BCUT2D eigenvalue weighted by atomic mass is 79.9. The lowest BCUT2D eigenvalue weighted by Crippen LogP contribution is -2.30. The summed E-state index contributed by atoms with van der Waals surface area (Å²) in [6.07, 6.45) is -0.231. The predicted molar refractivity (Wildman–Crippen MR) is 77.2 cm³/mol. The van der Waals surface area contributed by atoms with Crippen LogP contribution in [0.4, 0.5) is 0 Å². The third-order valence-electron chi connectivity index (χ3n) is 2.68. The molecule has 0 aliphatic heterocycles. The van der Waals surface area contributed by atoms with Crippen LogP contribution in [0.15, 0.2) is 50.0 Å². The zero-order chi connectivity index (χ0) is 13.1. The second-order valence-corrected chi connectivity index (χ2v) is 5.64. The number of aliphatic hydroxyl groups is 1. The van der Waals surface area contributed by atoms with E-state index in [0.29, 0.717) is 16.9 Å². The zero-order valence-electron chi connectivity index (χ0n) is 9.51. The van der Waals surface area contributed by atoms with Gasteiger partial charge < -0.3 is 15.3 Å². The second-order valence-electron chi connectivity index (χ2n) is 4.07. The summed E-state index contributed by atoms with van der Waals surface area (Å²) in [5, 5.41) is 10.1. The largest absolute Gasteiger partial charge is 0.450 e. The van der Waals surface area contributed by atoms with Crippen LogP contribution >= 0.6 is 31.9 Å². The molecule has 18 heavy (non-hydrogen) atoms. The summed E-state index contributed by atoms with van der Waals surface area (Å²) < 4.78 is 6.70. The number of rotatable bonds is 4. The van der Waals surface area contributed by atoms with Crippen LogP contribution in [-0.2, 0) is 6.42 Å². The number of aliphatic hydroxyl groups excluding tert-OH is 1. The maximum absolute atomic E-state index is 10.1. The standard InChI is InChI=1S/C13H13Br2NO2/c14-9-7-11(18-13(9)15)12(17)10(16)6-8-4-2-1-3-5-8/h1-5,7,10,12,17H,6,16H2. The van der Waals surface area contributed by atoms with Gasteiger partial charge in [-0.2, -0.15) is 0 Å². The topological polar surface area (TPSA) is 59.4 Å².